The molecule has 1 N–H and O–H groups in total. The molecule has 0 aliphatic rings. The molecule has 0 aliphatic heterocycles. The molecule has 0 aliphatic carbocycles. The van der Waals surface area contributed by atoms with Crippen molar-refractivity contribution >= 4 is 22.6 Å². The van der Waals surface area contributed by atoms with Crippen LogP contribution in [0.3, 0.4) is 0 Å². The van der Waals surface area contributed by atoms with E-state index in [9.17, 15) is 9.18 Å². The van der Waals surface area contributed by atoms with Gasteiger partial charge in [-0.2, -0.15) is 0 Å². The van der Waals surface area contributed by atoms with E-state index in [1.54, 1.807) is 43.5 Å². The Hall–Kier alpha value is -3.06. The van der Waals surface area contributed by atoms with E-state index in [2.05, 4.69) is 15.3 Å². The summed E-state index contributed by atoms with van der Waals surface area (Å²) in [7, 11) is 0. The Morgan fingerprint density at radius 3 is 2.77 bits per heavy atom. The van der Waals surface area contributed by atoms with Gasteiger partial charge in [0.2, 0.25) is 0 Å². The third-order valence-corrected chi connectivity index (χ3v) is 4.60. The predicted octanol–water partition coefficient (Wildman–Crippen LogP) is 4.92. The summed E-state index contributed by atoms with van der Waals surface area (Å²) >= 11 is 0. The number of carbonyl (C=O) groups is 1. The van der Waals surface area contributed by atoms with E-state index < -0.39 is 11.7 Å². The molecule has 0 fully saturated rings. The second-order valence-electron chi connectivity index (χ2n) is 6.87. The highest BCUT2D eigenvalue weighted by molar-refractivity contribution is 6.05. The Bertz CT molecular complexity index is 1010. The van der Waals surface area contributed by atoms with Gasteiger partial charge in [-0.05, 0) is 69.0 Å². The lowest BCUT2D eigenvalue weighted by molar-refractivity contribution is 0.102. The van der Waals surface area contributed by atoms with Gasteiger partial charge < -0.3 is 14.8 Å². The van der Waals surface area contributed by atoms with Gasteiger partial charge in [-0.15, -0.1) is 0 Å². The molecule has 7 heteroatoms. The van der Waals surface area contributed by atoms with Crippen LogP contribution < -0.4 is 10.1 Å². The number of nitrogens with one attached hydrogen (secondary N) is 1. The lowest BCUT2D eigenvalue weighted by Gasteiger charge is -2.12. The van der Waals surface area contributed by atoms with Gasteiger partial charge in [-0.3, -0.25) is 9.78 Å². The molecular formula is C23H26FN3O3. The van der Waals surface area contributed by atoms with Crippen LogP contribution >= 0.6 is 0 Å². The molecule has 158 valence electrons. The lowest BCUT2D eigenvalue weighted by Crippen LogP contribution is -2.16. The molecule has 0 saturated heterocycles. The Labute approximate surface area is 175 Å². The number of halogens is 1. The fourth-order valence-electron chi connectivity index (χ4n) is 3.04. The Morgan fingerprint density at radius 1 is 1.10 bits per heavy atom. The number of unbranched alkanes of at least 4 members (excludes halogenated alkanes) is 2. The van der Waals surface area contributed by atoms with E-state index in [0.29, 0.717) is 29.8 Å². The molecule has 0 spiro atoms. The minimum atomic E-state index is -0.597. The predicted molar refractivity (Wildman–Crippen MR) is 114 cm³/mol. The van der Waals surface area contributed by atoms with Gasteiger partial charge in [0.15, 0.2) is 11.6 Å². The van der Waals surface area contributed by atoms with Gasteiger partial charge in [0.25, 0.3) is 5.91 Å². The second-order valence-corrected chi connectivity index (χ2v) is 6.87. The Kier molecular flexibility index (Phi) is 7.68. The van der Waals surface area contributed by atoms with Gasteiger partial charge in [0, 0.05) is 19.4 Å². The van der Waals surface area contributed by atoms with E-state index in [0.717, 1.165) is 25.9 Å². The molecule has 3 aromatic rings. The van der Waals surface area contributed by atoms with Crippen molar-refractivity contribution in [2.24, 2.45) is 0 Å². The Balaban J connectivity index is 1.63. The lowest BCUT2D eigenvalue weighted by atomic mass is 10.1. The van der Waals surface area contributed by atoms with Crippen molar-refractivity contribution in [1.82, 2.24) is 9.97 Å². The average molecular weight is 411 g/mol. The van der Waals surface area contributed by atoms with E-state index in [-0.39, 0.29) is 17.1 Å². The number of amides is 1. The summed E-state index contributed by atoms with van der Waals surface area (Å²) in [6, 6.07) is 10.0. The van der Waals surface area contributed by atoms with Crippen molar-refractivity contribution in [1.29, 1.82) is 0 Å². The number of hydrogen-bond donors (Lipinski definition) is 1. The van der Waals surface area contributed by atoms with Crippen LogP contribution in [-0.2, 0) is 4.74 Å². The summed E-state index contributed by atoms with van der Waals surface area (Å²) in [4.78, 5) is 21.3. The quantitative estimate of drug-likeness (QED) is 0.480. The number of fused-ring (bicyclic) bond motifs is 1. The number of ether oxygens (including phenoxy) is 2. The van der Waals surface area contributed by atoms with Crippen LogP contribution in [0, 0.1) is 12.7 Å². The summed E-state index contributed by atoms with van der Waals surface area (Å²) < 4.78 is 25.6. The minimum absolute atomic E-state index is 0.0568. The first kappa shape index (κ1) is 21.6. The monoisotopic (exact) mass is 411 g/mol. The van der Waals surface area contributed by atoms with Crippen LogP contribution in [0.4, 0.5) is 10.1 Å². The van der Waals surface area contributed by atoms with Crippen molar-refractivity contribution in [2.75, 3.05) is 25.1 Å². The molecule has 0 bridgehead atoms. The second kappa shape index (κ2) is 10.6. The fourth-order valence-corrected chi connectivity index (χ4v) is 3.04. The SMILES string of the molecule is CCOCCCCCOc1cccc(NC(=O)c2nc3cccnc3cc2C)c1F. The average Bonchev–Trinajstić information content (AvgIpc) is 2.75. The number of benzene rings is 1. The topological polar surface area (TPSA) is 73.3 Å². The summed E-state index contributed by atoms with van der Waals surface area (Å²) in [5, 5.41) is 2.60. The Morgan fingerprint density at radius 2 is 1.93 bits per heavy atom. The van der Waals surface area contributed by atoms with E-state index in [4.69, 9.17) is 9.47 Å². The molecular weight excluding hydrogens is 385 g/mol. The van der Waals surface area contributed by atoms with Gasteiger partial charge in [-0.1, -0.05) is 6.07 Å². The third-order valence-electron chi connectivity index (χ3n) is 4.60. The summed E-state index contributed by atoms with van der Waals surface area (Å²) in [5.74, 6) is -0.962. The first-order chi connectivity index (χ1) is 14.6. The fraction of sp³-hybridized carbons (Fsp3) is 0.348. The van der Waals surface area contributed by atoms with Gasteiger partial charge in [0.05, 0.1) is 23.3 Å². The van der Waals surface area contributed by atoms with Crippen LogP contribution in [0.25, 0.3) is 11.0 Å². The highest BCUT2D eigenvalue weighted by atomic mass is 19.1. The molecule has 0 unspecified atom stereocenters. The van der Waals surface area contributed by atoms with Crippen molar-refractivity contribution in [3.05, 3.63) is 59.7 Å². The minimum Gasteiger partial charge on any atom is -0.490 e. The molecule has 2 aromatic heterocycles. The number of aryl methyl sites for hydroxylation is 1. The summed E-state index contributed by atoms with van der Waals surface area (Å²) in [6.45, 7) is 5.58. The number of rotatable bonds is 10. The number of hydrogen-bond acceptors (Lipinski definition) is 5. The van der Waals surface area contributed by atoms with Crippen molar-refractivity contribution in [3.8, 4) is 5.75 Å². The molecule has 30 heavy (non-hydrogen) atoms. The van der Waals surface area contributed by atoms with Gasteiger partial charge in [0.1, 0.15) is 5.69 Å². The largest absolute Gasteiger partial charge is 0.490 e. The standard InChI is InChI=1S/C23H26FN3O3/c1-3-29-13-5-4-6-14-30-20-11-7-9-18(21(20)24)27-23(28)22-16(2)15-19-17(26-22)10-8-12-25-19/h7-12,15H,3-6,13-14H2,1-2H3,(H,27,28). The number of aromatic nitrogens is 2. The number of anilines is 1. The maximum atomic E-state index is 14.8. The van der Waals surface area contributed by atoms with Crippen molar-refractivity contribution < 1.29 is 18.7 Å². The smallest absolute Gasteiger partial charge is 0.274 e. The molecule has 3 rings (SSSR count). The zero-order chi connectivity index (χ0) is 21.3. The highest BCUT2D eigenvalue weighted by Gasteiger charge is 2.16. The van der Waals surface area contributed by atoms with Crippen LogP contribution in [0.5, 0.6) is 5.75 Å². The molecule has 0 atom stereocenters. The summed E-state index contributed by atoms with van der Waals surface area (Å²) in [5.41, 5.74) is 2.26. The van der Waals surface area contributed by atoms with Crippen LogP contribution in [0.1, 0.15) is 42.2 Å². The van der Waals surface area contributed by atoms with Crippen molar-refractivity contribution in [2.45, 2.75) is 33.1 Å². The van der Waals surface area contributed by atoms with E-state index in [1.165, 1.54) is 6.07 Å². The molecule has 0 radical (unpaired) electrons. The maximum Gasteiger partial charge on any atom is 0.274 e. The maximum absolute atomic E-state index is 14.8. The van der Waals surface area contributed by atoms with Gasteiger partial charge >= 0.3 is 0 Å². The normalized spacial score (nSPS) is 10.9. The van der Waals surface area contributed by atoms with Gasteiger partial charge in [-0.25, -0.2) is 9.37 Å². The molecule has 0 saturated carbocycles. The molecule has 6 nitrogen and oxygen atoms in total. The summed E-state index contributed by atoms with van der Waals surface area (Å²) in [6.07, 6.45) is 4.36. The molecule has 1 aromatic carbocycles. The first-order valence-corrected chi connectivity index (χ1v) is 10.1. The highest BCUT2D eigenvalue weighted by Crippen LogP contribution is 2.25. The third kappa shape index (κ3) is 5.51. The van der Waals surface area contributed by atoms with Crippen LogP contribution in [-0.4, -0.2) is 35.7 Å². The first-order valence-electron chi connectivity index (χ1n) is 10.1. The van der Waals surface area contributed by atoms with Crippen LogP contribution in [0.15, 0.2) is 42.6 Å². The van der Waals surface area contributed by atoms with Crippen molar-refractivity contribution in [3.63, 3.8) is 0 Å². The zero-order valence-electron chi connectivity index (χ0n) is 17.3. The molecule has 2 heterocycles. The molecule has 1 amide bonds. The van der Waals surface area contributed by atoms with E-state index >= 15 is 0 Å². The van der Waals surface area contributed by atoms with Crippen LogP contribution in [0.2, 0.25) is 0 Å². The number of pyridine rings is 2. The van der Waals surface area contributed by atoms with E-state index in [1.807, 2.05) is 6.92 Å². The number of nitrogens with zero attached hydrogens (tertiary/aromatic N) is 2. The number of carbonyl (C=O) groups excluding carboxylic acids is 1. The zero-order valence-corrected chi connectivity index (χ0v) is 17.3.